The maximum absolute atomic E-state index is 5.04. The Morgan fingerprint density at radius 1 is 1.38 bits per heavy atom. The van der Waals surface area contributed by atoms with Crippen molar-refractivity contribution in [3.63, 3.8) is 0 Å². The predicted molar refractivity (Wildman–Crippen MR) is 92.9 cm³/mol. The van der Waals surface area contributed by atoms with Gasteiger partial charge in [-0.25, -0.2) is 0 Å². The van der Waals surface area contributed by atoms with Gasteiger partial charge in [0.05, 0.1) is 12.3 Å². The van der Waals surface area contributed by atoms with Gasteiger partial charge in [-0.15, -0.1) is 0 Å². The Kier molecular flexibility index (Phi) is 6.52. The lowest BCUT2D eigenvalue weighted by molar-refractivity contribution is 0.199. The van der Waals surface area contributed by atoms with Crippen LogP contribution in [0.4, 0.5) is 5.69 Å². The summed E-state index contributed by atoms with van der Waals surface area (Å²) in [5.41, 5.74) is 2.62. The van der Waals surface area contributed by atoms with Crippen molar-refractivity contribution >= 4 is 21.6 Å². The number of halogens is 1. The molecule has 4 heteroatoms. The minimum absolute atomic E-state index is 0.535. The van der Waals surface area contributed by atoms with Crippen molar-refractivity contribution in [2.75, 3.05) is 31.7 Å². The van der Waals surface area contributed by atoms with E-state index >= 15 is 0 Å². The molecule has 2 rings (SSSR count). The molecule has 1 aliphatic rings. The van der Waals surface area contributed by atoms with Gasteiger partial charge in [0.15, 0.2) is 0 Å². The fourth-order valence-electron chi connectivity index (χ4n) is 2.47. The first-order chi connectivity index (χ1) is 10.1. The Morgan fingerprint density at radius 2 is 2.14 bits per heavy atom. The zero-order chi connectivity index (χ0) is 15.2. The second-order valence-electron chi connectivity index (χ2n) is 6.14. The first kappa shape index (κ1) is 16.8. The molecule has 3 nitrogen and oxygen atoms in total. The van der Waals surface area contributed by atoms with E-state index in [1.807, 2.05) is 0 Å². The van der Waals surface area contributed by atoms with Gasteiger partial charge in [0.25, 0.3) is 0 Å². The van der Waals surface area contributed by atoms with E-state index in [0.717, 1.165) is 25.6 Å². The van der Waals surface area contributed by atoms with Crippen molar-refractivity contribution in [3.8, 4) is 0 Å². The van der Waals surface area contributed by atoms with Gasteiger partial charge in [-0.3, -0.25) is 0 Å². The second kappa shape index (κ2) is 8.16. The minimum atomic E-state index is 0.535. The molecule has 0 saturated heterocycles. The van der Waals surface area contributed by atoms with Gasteiger partial charge in [0, 0.05) is 37.3 Å². The fraction of sp³-hybridized carbons (Fsp3) is 0.647. The average Bonchev–Trinajstić information content (AvgIpc) is 3.25. The van der Waals surface area contributed by atoms with Crippen LogP contribution in [0.15, 0.2) is 22.7 Å². The highest BCUT2D eigenvalue weighted by Crippen LogP contribution is 2.35. The average molecular weight is 355 g/mol. The summed E-state index contributed by atoms with van der Waals surface area (Å²) in [6, 6.07) is 7.24. The maximum atomic E-state index is 5.04. The SMILES string of the molecule is COCCNCc1ccc(N(CC2CC2)C(C)C)c(Br)c1. The summed E-state index contributed by atoms with van der Waals surface area (Å²) in [7, 11) is 1.73. The third-order valence-corrected chi connectivity index (χ3v) is 4.54. The molecule has 1 N–H and O–H groups in total. The lowest BCUT2D eigenvalue weighted by Gasteiger charge is -2.30. The molecule has 0 bridgehead atoms. The molecule has 1 aromatic rings. The van der Waals surface area contributed by atoms with Gasteiger partial charge in [-0.05, 0) is 66.2 Å². The highest BCUT2D eigenvalue weighted by Gasteiger charge is 2.26. The van der Waals surface area contributed by atoms with Crippen molar-refractivity contribution in [1.82, 2.24) is 5.32 Å². The summed E-state index contributed by atoms with van der Waals surface area (Å²) >= 11 is 3.75. The Balaban J connectivity index is 1.99. The number of nitrogens with one attached hydrogen (secondary N) is 1. The van der Waals surface area contributed by atoms with Gasteiger partial charge in [0.1, 0.15) is 0 Å². The maximum Gasteiger partial charge on any atom is 0.0587 e. The van der Waals surface area contributed by atoms with Crippen LogP contribution in [0.2, 0.25) is 0 Å². The molecule has 1 saturated carbocycles. The standard InChI is InChI=1S/C17H27BrN2O/c1-13(2)20(12-14-4-5-14)17-7-6-15(10-16(17)18)11-19-8-9-21-3/h6-7,10,13-14,19H,4-5,8-9,11-12H2,1-3H3. The zero-order valence-electron chi connectivity index (χ0n) is 13.4. The van der Waals surface area contributed by atoms with E-state index in [2.05, 4.69) is 58.2 Å². The van der Waals surface area contributed by atoms with Gasteiger partial charge in [-0.2, -0.15) is 0 Å². The van der Waals surface area contributed by atoms with E-state index in [1.54, 1.807) is 7.11 Å². The Bertz CT molecular complexity index is 446. The normalized spacial score (nSPS) is 14.7. The molecular weight excluding hydrogens is 328 g/mol. The van der Waals surface area contributed by atoms with Crippen molar-refractivity contribution in [2.24, 2.45) is 5.92 Å². The van der Waals surface area contributed by atoms with Gasteiger partial charge in [-0.1, -0.05) is 6.07 Å². The molecule has 0 atom stereocenters. The summed E-state index contributed by atoms with van der Waals surface area (Å²) < 4.78 is 6.24. The zero-order valence-corrected chi connectivity index (χ0v) is 14.9. The van der Waals surface area contributed by atoms with E-state index in [4.69, 9.17) is 4.74 Å². The largest absolute Gasteiger partial charge is 0.383 e. The molecule has 0 aliphatic heterocycles. The van der Waals surface area contributed by atoms with Crippen molar-refractivity contribution < 1.29 is 4.74 Å². The first-order valence-corrected chi connectivity index (χ1v) is 8.66. The van der Waals surface area contributed by atoms with E-state index < -0.39 is 0 Å². The van der Waals surface area contributed by atoms with Gasteiger partial charge < -0.3 is 15.0 Å². The monoisotopic (exact) mass is 354 g/mol. The summed E-state index contributed by atoms with van der Waals surface area (Å²) in [5, 5.41) is 3.38. The molecule has 0 aromatic heterocycles. The molecule has 1 aliphatic carbocycles. The Labute approximate surface area is 137 Å². The number of hydrogen-bond donors (Lipinski definition) is 1. The van der Waals surface area contributed by atoms with Crippen LogP contribution >= 0.6 is 15.9 Å². The number of ether oxygens (including phenoxy) is 1. The first-order valence-electron chi connectivity index (χ1n) is 7.86. The third kappa shape index (κ3) is 5.28. The van der Waals surface area contributed by atoms with E-state index in [1.165, 1.54) is 35.1 Å². The minimum Gasteiger partial charge on any atom is -0.383 e. The van der Waals surface area contributed by atoms with Crippen LogP contribution in [0.3, 0.4) is 0 Å². The molecule has 0 amide bonds. The molecule has 0 radical (unpaired) electrons. The molecule has 0 heterocycles. The molecule has 21 heavy (non-hydrogen) atoms. The van der Waals surface area contributed by atoms with Gasteiger partial charge >= 0.3 is 0 Å². The number of nitrogens with zero attached hydrogens (tertiary/aromatic N) is 1. The fourth-order valence-corrected chi connectivity index (χ4v) is 3.12. The predicted octanol–water partition coefficient (Wildman–Crippen LogP) is 3.81. The summed E-state index contributed by atoms with van der Waals surface area (Å²) in [6.07, 6.45) is 2.78. The lowest BCUT2D eigenvalue weighted by atomic mass is 10.1. The van der Waals surface area contributed by atoms with Crippen molar-refractivity contribution in [2.45, 2.75) is 39.3 Å². The molecule has 1 fully saturated rings. The quantitative estimate of drug-likeness (QED) is 0.682. The van der Waals surface area contributed by atoms with Crippen LogP contribution < -0.4 is 10.2 Å². The number of methoxy groups -OCH3 is 1. The summed E-state index contributed by atoms with van der Waals surface area (Å²) in [4.78, 5) is 2.52. The van der Waals surface area contributed by atoms with E-state index in [-0.39, 0.29) is 0 Å². The Hall–Kier alpha value is -0.580. The number of benzene rings is 1. The third-order valence-electron chi connectivity index (χ3n) is 3.91. The van der Waals surface area contributed by atoms with Crippen LogP contribution in [-0.4, -0.2) is 32.8 Å². The molecule has 0 spiro atoms. The Morgan fingerprint density at radius 3 is 2.71 bits per heavy atom. The van der Waals surface area contributed by atoms with Crippen molar-refractivity contribution in [3.05, 3.63) is 28.2 Å². The number of hydrogen-bond acceptors (Lipinski definition) is 3. The molecular formula is C17H27BrN2O. The van der Waals surface area contributed by atoms with Crippen LogP contribution in [-0.2, 0) is 11.3 Å². The van der Waals surface area contributed by atoms with Crippen molar-refractivity contribution in [1.29, 1.82) is 0 Å². The molecule has 1 aromatic carbocycles. The van der Waals surface area contributed by atoms with Crippen LogP contribution in [0.1, 0.15) is 32.3 Å². The van der Waals surface area contributed by atoms with Crippen LogP contribution in [0.25, 0.3) is 0 Å². The second-order valence-corrected chi connectivity index (χ2v) is 7.00. The highest BCUT2D eigenvalue weighted by atomic mass is 79.9. The molecule has 0 unspecified atom stereocenters. The summed E-state index contributed by atoms with van der Waals surface area (Å²) in [5.74, 6) is 0.898. The van der Waals surface area contributed by atoms with E-state index in [0.29, 0.717) is 6.04 Å². The summed E-state index contributed by atoms with van der Waals surface area (Å²) in [6.45, 7) is 8.25. The van der Waals surface area contributed by atoms with Crippen LogP contribution in [0.5, 0.6) is 0 Å². The van der Waals surface area contributed by atoms with Crippen LogP contribution in [0, 0.1) is 5.92 Å². The van der Waals surface area contributed by atoms with E-state index in [9.17, 15) is 0 Å². The smallest absolute Gasteiger partial charge is 0.0587 e. The lowest BCUT2D eigenvalue weighted by Crippen LogP contribution is -2.33. The number of anilines is 1. The van der Waals surface area contributed by atoms with Gasteiger partial charge in [0.2, 0.25) is 0 Å². The number of rotatable bonds is 9. The molecule has 118 valence electrons. The highest BCUT2D eigenvalue weighted by molar-refractivity contribution is 9.10. The topological polar surface area (TPSA) is 24.5 Å².